The highest BCUT2D eigenvalue weighted by Gasteiger charge is 2.26. The minimum Gasteiger partial charge on any atom is -0.480 e. The van der Waals surface area contributed by atoms with Gasteiger partial charge in [0.15, 0.2) is 0 Å². The second-order valence-electron chi connectivity index (χ2n) is 5.34. The van der Waals surface area contributed by atoms with Crippen LogP contribution in [-0.4, -0.2) is 54.1 Å². The lowest BCUT2D eigenvalue weighted by Crippen LogP contribution is -2.54. The van der Waals surface area contributed by atoms with E-state index in [1.165, 1.54) is 0 Å². The van der Waals surface area contributed by atoms with E-state index in [0.717, 1.165) is 0 Å². The number of rotatable bonds is 12. The van der Waals surface area contributed by atoms with Gasteiger partial charge in [-0.25, -0.2) is 4.79 Å². The molecule has 0 aliphatic rings. The standard InChI is InChI=1S/C14H29N5O4/c1-2-10(14(22)23)18-13(21)11(5-3-4-7-15)19-12(20)9(17)6-8-16/h9-11H,2-8,15-17H2,1H3,(H,18,21)(H,19,20)(H,22,23)/t9-,10-,11-/m0/s1. The summed E-state index contributed by atoms with van der Waals surface area (Å²) >= 11 is 0. The van der Waals surface area contributed by atoms with Crippen LogP contribution < -0.4 is 27.8 Å². The van der Waals surface area contributed by atoms with Crippen molar-refractivity contribution in [2.24, 2.45) is 17.2 Å². The van der Waals surface area contributed by atoms with Crippen molar-refractivity contribution in [3.05, 3.63) is 0 Å². The molecule has 0 fully saturated rings. The lowest BCUT2D eigenvalue weighted by atomic mass is 10.1. The Labute approximate surface area is 136 Å². The molecule has 2 amide bonds. The number of nitrogens with two attached hydrogens (primary N) is 3. The molecule has 0 radical (unpaired) electrons. The van der Waals surface area contributed by atoms with Crippen molar-refractivity contribution in [3.63, 3.8) is 0 Å². The summed E-state index contributed by atoms with van der Waals surface area (Å²) in [6.07, 6.45) is 2.24. The number of aliphatic carboxylic acids is 1. The highest BCUT2D eigenvalue weighted by molar-refractivity contribution is 5.91. The molecule has 0 unspecified atom stereocenters. The monoisotopic (exact) mass is 331 g/mol. The van der Waals surface area contributed by atoms with Gasteiger partial charge in [-0.1, -0.05) is 6.92 Å². The van der Waals surface area contributed by atoms with Crippen molar-refractivity contribution in [3.8, 4) is 0 Å². The normalized spacial score (nSPS) is 14.6. The van der Waals surface area contributed by atoms with Crippen LogP contribution in [0.4, 0.5) is 0 Å². The molecule has 0 aromatic heterocycles. The molecule has 9 nitrogen and oxygen atoms in total. The Morgan fingerprint density at radius 3 is 2.04 bits per heavy atom. The van der Waals surface area contributed by atoms with Gasteiger partial charge in [0.05, 0.1) is 6.04 Å². The molecule has 23 heavy (non-hydrogen) atoms. The van der Waals surface area contributed by atoms with E-state index < -0.39 is 35.9 Å². The summed E-state index contributed by atoms with van der Waals surface area (Å²) in [5, 5.41) is 14.0. The third-order valence-corrected chi connectivity index (χ3v) is 3.42. The van der Waals surface area contributed by atoms with Gasteiger partial charge in [-0.15, -0.1) is 0 Å². The molecule has 0 bridgehead atoms. The van der Waals surface area contributed by atoms with Crippen molar-refractivity contribution >= 4 is 17.8 Å². The summed E-state index contributed by atoms with van der Waals surface area (Å²) in [4.78, 5) is 35.2. The maximum atomic E-state index is 12.2. The Kier molecular flexibility index (Phi) is 10.9. The Bertz CT molecular complexity index is 391. The molecule has 0 spiro atoms. The zero-order valence-electron chi connectivity index (χ0n) is 13.6. The predicted octanol–water partition coefficient (Wildman–Crippen LogP) is -1.74. The van der Waals surface area contributed by atoms with Crippen LogP contribution in [0, 0.1) is 0 Å². The fraction of sp³-hybridized carbons (Fsp3) is 0.786. The number of unbranched alkanes of at least 4 members (excludes halogenated alkanes) is 1. The van der Waals surface area contributed by atoms with E-state index in [2.05, 4.69) is 10.6 Å². The third-order valence-electron chi connectivity index (χ3n) is 3.42. The van der Waals surface area contributed by atoms with Crippen LogP contribution >= 0.6 is 0 Å². The molecule has 0 aromatic rings. The van der Waals surface area contributed by atoms with Crippen LogP contribution in [0.2, 0.25) is 0 Å². The zero-order chi connectivity index (χ0) is 17.8. The average molecular weight is 331 g/mol. The Balaban J connectivity index is 4.80. The lowest BCUT2D eigenvalue weighted by molar-refractivity contribution is -0.142. The van der Waals surface area contributed by atoms with Crippen LogP contribution in [0.1, 0.15) is 39.0 Å². The van der Waals surface area contributed by atoms with E-state index in [9.17, 15) is 14.4 Å². The summed E-state index contributed by atoms with van der Waals surface area (Å²) in [6.45, 7) is 2.38. The number of carboxylic acid groups (broad SMARTS) is 1. The first kappa shape index (κ1) is 21.3. The minimum absolute atomic E-state index is 0.247. The van der Waals surface area contributed by atoms with Crippen molar-refractivity contribution in [1.82, 2.24) is 10.6 Å². The number of hydrogen-bond acceptors (Lipinski definition) is 6. The fourth-order valence-corrected chi connectivity index (χ4v) is 1.96. The first-order chi connectivity index (χ1) is 10.9. The second-order valence-corrected chi connectivity index (χ2v) is 5.34. The van der Waals surface area contributed by atoms with E-state index >= 15 is 0 Å². The highest BCUT2D eigenvalue weighted by Crippen LogP contribution is 2.03. The SMILES string of the molecule is CC[C@H](NC(=O)[C@H](CCCCN)NC(=O)[C@@H](N)CCN)C(=O)O. The van der Waals surface area contributed by atoms with E-state index in [4.69, 9.17) is 22.3 Å². The highest BCUT2D eigenvalue weighted by atomic mass is 16.4. The molecule has 9 N–H and O–H groups in total. The van der Waals surface area contributed by atoms with Gasteiger partial charge < -0.3 is 32.9 Å². The van der Waals surface area contributed by atoms with Gasteiger partial charge in [0.2, 0.25) is 11.8 Å². The maximum absolute atomic E-state index is 12.2. The van der Waals surface area contributed by atoms with Crippen molar-refractivity contribution in [1.29, 1.82) is 0 Å². The Hall–Kier alpha value is -1.71. The summed E-state index contributed by atoms with van der Waals surface area (Å²) in [6, 6.07) is -2.63. The smallest absolute Gasteiger partial charge is 0.326 e. The topological polar surface area (TPSA) is 174 Å². The molecule has 9 heteroatoms. The second kappa shape index (κ2) is 11.8. The van der Waals surface area contributed by atoms with Crippen LogP contribution in [0.3, 0.4) is 0 Å². The van der Waals surface area contributed by atoms with Gasteiger partial charge in [-0.05, 0) is 45.2 Å². The zero-order valence-corrected chi connectivity index (χ0v) is 13.6. The van der Waals surface area contributed by atoms with E-state index in [1.807, 2.05) is 0 Å². The molecule has 3 atom stereocenters. The number of carbonyl (C=O) groups excluding carboxylic acids is 2. The molecular formula is C14H29N5O4. The van der Waals surface area contributed by atoms with Gasteiger partial charge in [0, 0.05) is 0 Å². The first-order valence-electron chi connectivity index (χ1n) is 7.86. The molecule has 0 aliphatic heterocycles. The predicted molar refractivity (Wildman–Crippen MR) is 86.3 cm³/mol. The van der Waals surface area contributed by atoms with Crippen LogP contribution in [0.25, 0.3) is 0 Å². The van der Waals surface area contributed by atoms with Crippen LogP contribution in [-0.2, 0) is 14.4 Å². The number of carbonyl (C=O) groups is 3. The first-order valence-corrected chi connectivity index (χ1v) is 7.86. The van der Waals surface area contributed by atoms with Crippen molar-refractivity contribution < 1.29 is 19.5 Å². The average Bonchev–Trinajstić information content (AvgIpc) is 2.51. The largest absolute Gasteiger partial charge is 0.480 e. The summed E-state index contributed by atoms with van der Waals surface area (Å²) in [7, 11) is 0. The van der Waals surface area contributed by atoms with E-state index in [0.29, 0.717) is 32.2 Å². The quantitative estimate of drug-likeness (QED) is 0.230. The Morgan fingerprint density at radius 1 is 0.957 bits per heavy atom. The molecular weight excluding hydrogens is 302 g/mol. The summed E-state index contributed by atoms with van der Waals surface area (Å²) in [5.74, 6) is -2.14. The van der Waals surface area contributed by atoms with Gasteiger partial charge in [-0.2, -0.15) is 0 Å². The van der Waals surface area contributed by atoms with E-state index in [1.54, 1.807) is 6.92 Å². The molecule has 0 saturated carbocycles. The third kappa shape index (κ3) is 8.48. The Morgan fingerprint density at radius 2 is 1.57 bits per heavy atom. The summed E-state index contributed by atoms with van der Waals surface area (Å²) < 4.78 is 0. The van der Waals surface area contributed by atoms with Crippen molar-refractivity contribution in [2.75, 3.05) is 13.1 Å². The summed E-state index contributed by atoms with van der Waals surface area (Å²) in [5.41, 5.74) is 16.4. The van der Waals surface area contributed by atoms with Crippen molar-refractivity contribution in [2.45, 2.75) is 57.2 Å². The minimum atomic E-state index is -1.12. The van der Waals surface area contributed by atoms with Gasteiger partial charge in [0.1, 0.15) is 12.1 Å². The number of amides is 2. The number of nitrogens with one attached hydrogen (secondary N) is 2. The molecule has 0 saturated heterocycles. The molecule has 0 rings (SSSR count). The lowest BCUT2D eigenvalue weighted by Gasteiger charge is -2.22. The van der Waals surface area contributed by atoms with Crippen LogP contribution in [0.15, 0.2) is 0 Å². The molecule has 0 aromatic carbocycles. The van der Waals surface area contributed by atoms with Crippen LogP contribution in [0.5, 0.6) is 0 Å². The number of carboxylic acids is 1. The molecule has 134 valence electrons. The van der Waals surface area contributed by atoms with E-state index in [-0.39, 0.29) is 13.0 Å². The molecule has 0 aliphatic carbocycles. The molecule has 0 heterocycles. The van der Waals surface area contributed by atoms with Gasteiger partial charge >= 0.3 is 5.97 Å². The maximum Gasteiger partial charge on any atom is 0.326 e. The number of hydrogen-bond donors (Lipinski definition) is 6. The van der Waals surface area contributed by atoms with Gasteiger partial charge in [0.25, 0.3) is 0 Å². The van der Waals surface area contributed by atoms with Gasteiger partial charge in [-0.3, -0.25) is 9.59 Å². The fourth-order valence-electron chi connectivity index (χ4n) is 1.96.